The third-order valence-corrected chi connectivity index (χ3v) is 6.39. The van der Waals surface area contributed by atoms with E-state index in [1.807, 2.05) is 11.3 Å². The molecule has 0 bridgehead atoms. The van der Waals surface area contributed by atoms with Gasteiger partial charge in [0.2, 0.25) is 5.52 Å². The van der Waals surface area contributed by atoms with Crippen molar-refractivity contribution in [3.63, 3.8) is 0 Å². The number of aromatic nitrogens is 1. The van der Waals surface area contributed by atoms with Crippen LogP contribution in [0.2, 0.25) is 0 Å². The van der Waals surface area contributed by atoms with Gasteiger partial charge in [-0.25, -0.2) is 0 Å². The van der Waals surface area contributed by atoms with E-state index in [9.17, 15) is 0 Å². The maximum atomic E-state index is 2.46. The van der Waals surface area contributed by atoms with E-state index >= 15 is 0 Å². The second-order valence-corrected chi connectivity index (χ2v) is 8.19. The molecular formula is C24H21N2S+. The van der Waals surface area contributed by atoms with Gasteiger partial charge in [-0.05, 0) is 35.4 Å². The fraction of sp³-hybridized carbons (Fsp3) is 0.125. The number of hydrogen-bond acceptors (Lipinski definition) is 2. The van der Waals surface area contributed by atoms with Gasteiger partial charge in [0.05, 0.1) is 5.57 Å². The molecule has 3 aromatic carbocycles. The standard InChI is InChI=1S/C24H21N2S/c1-25(2)19-13-11-17(12-14-19)15-21-20-8-4-3-7-18(20)16-26-22-9-5-6-10-23(22)27-24(21)26/h3-15H,16H2,1-2H3/q+1. The van der Waals surface area contributed by atoms with Gasteiger partial charge < -0.3 is 4.90 Å². The molecule has 132 valence electrons. The summed E-state index contributed by atoms with van der Waals surface area (Å²) in [4.78, 5) is 2.13. The first-order valence-corrected chi connectivity index (χ1v) is 10.0. The summed E-state index contributed by atoms with van der Waals surface area (Å²) >= 11 is 1.89. The Morgan fingerprint density at radius 3 is 2.44 bits per heavy atom. The van der Waals surface area contributed by atoms with Crippen LogP contribution in [0.3, 0.4) is 0 Å². The van der Waals surface area contributed by atoms with Crippen molar-refractivity contribution in [3.05, 3.63) is 94.5 Å². The zero-order valence-corrected chi connectivity index (χ0v) is 16.3. The van der Waals surface area contributed by atoms with Gasteiger partial charge in [-0.15, -0.1) is 0 Å². The number of benzene rings is 3. The zero-order valence-electron chi connectivity index (χ0n) is 15.5. The van der Waals surface area contributed by atoms with E-state index in [4.69, 9.17) is 0 Å². The Labute approximate surface area is 163 Å². The highest BCUT2D eigenvalue weighted by molar-refractivity contribution is 7.19. The van der Waals surface area contributed by atoms with Gasteiger partial charge in [-0.1, -0.05) is 59.9 Å². The Kier molecular flexibility index (Phi) is 3.83. The van der Waals surface area contributed by atoms with Crippen LogP contribution in [-0.4, -0.2) is 14.1 Å². The van der Waals surface area contributed by atoms with Crippen molar-refractivity contribution in [2.24, 2.45) is 0 Å². The Hall–Kier alpha value is -2.91. The van der Waals surface area contributed by atoms with Gasteiger partial charge in [-0.3, -0.25) is 0 Å². The molecule has 5 rings (SSSR count). The molecule has 0 radical (unpaired) electrons. The summed E-state index contributed by atoms with van der Waals surface area (Å²) < 4.78 is 3.80. The minimum atomic E-state index is 0.937. The van der Waals surface area contributed by atoms with Crippen LogP contribution in [0, 0.1) is 0 Å². The Balaban J connectivity index is 1.71. The SMILES string of the molecule is CN(C)c1ccc(C=C2c3ccccc3C[n+]3c2sc2ccccc23)cc1. The summed E-state index contributed by atoms with van der Waals surface area (Å²) in [5.74, 6) is 0. The lowest BCUT2D eigenvalue weighted by molar-refractivity contribution is -0.661. The highest BCUT2D eigenvalue weighted by atomic mass is 32.1. The van der Waals surface area contributed by atoms with E-state index in [0.717, 1.165) is 6.54 Å². The van der Waals surface area contributed by atoms with Gasteiger partial charge in [0.1, 0.15) is 4.70 Å². The van der Waals surface area contributed by atoms with Crippen molar-refractivity contribution < 1.29 is 4.57 Å². The summed E-state index contributed by atoms with van der Waals surface area (Å²) in [5.41, 5.74) is 7.82. The second kappa shape index (κ2) is 6.36. The van der Waals surface area contributed by atoms with E-state index in [1.54, 1.807) is 0 Å². The van der Waals surface area contributed by atoms with Crippen LogP contribution in [0.15, 0.2) is 72.8 Å². The smallest absolute Gasteiger partial charge is 0.271 e. The molecule has 4 aromatic rings. The highest BCUT2D eigenvalue weighted by Gasteiger charge is 2.31. The first-order valence-electron chi connectivity index (χ1n) is 9.20. The van der Waals surface area contributed by atoms with Gasteiger partial charge in [0.15, 0.2) is 6.54 Å². The van der Waals surface area contributed by atoms with Crippen molar-refractivity contribution in [1.82, 2.24) is 0 Å². The van der Waals surface area contributed by atoms with Crippen LogP contribution >= 0.6 is 11.3 Å². The van der Waals surface area contributed by atoms with Crippen LogP contribution in [0.25, 0.3) is 21.9 Å². The molecule has 0 saturated heterocycles. The van der Waals surface area contributed by atoms with E-state index < -0.39 is 0 Å². The molecule has 1 aromatic heterocycles. The summed E-state index contributed by atoms with van der Waals surface area (Å²) in [6, 6.07) is 26.3. The maximum Gasteiger partial charge on any atom is 0.271 e. The molecule has 0 saturated carbocycles. The molecule has 2 heterocycles. The number of nitrogens with zero attached hydrogens (tertiary/aromatic N) is 2. The van der Waals surface area contributed by atoms with Crippen LogP contribution in [0.5, 0.6) is 0 Å². The second-order valence-electron chi connectivity index (χ2n) is 7.16. The predicted molar refractivity (Wildman–Crippen MR) is 115 cm³/mol. The topological polar surface area (TPSA) is 7.12 Å². The van der Waals surface area contributed by atoms with Crippen molar-refractivity contribution in [2.75, 3.05) is 19.0 Å². The van der Waals surface area contributed by atoms with Gasteiger partial charge in [0.25, 0.3) is 5.01 Å². The van der Waals surface area contributed by atoms with Crippen molar-refractivity contribution in [3.8, 4) is 0 Å². The fourth-order valence-electron chi connectivity index (χ4n) is 3.77. The average molecular weight is 370 g/mol. The third-order valence-electron chi connectivity index (χ3n) is 5.19. The van der Waals surface area contributed by atoms with Gasteiger partial charge in [-0.2, -0.15) is 4.57 Å². The molecule has 0 aliphatic carbocycles. The molecule has 2 nitrogen and oxygen atoms in total. The lowest BCUT2D eigenvalue weighted by Gasteiger charge is -2.15. The van der Waals surface area contributed by atoms with Crippen LogP contribution in [0.1, 0.15) is 21.7 Å². The minimum Gasteiger partial charge on any atom is -0.378 e. The average Bonchev–Trinajstić information content (AvgIpc) is 3.07. The number of fused-ring (bicyclic) bond motifs is 4. The molecular weight excluding hydrogens is 348 g/mol. The zero-order chi connectivity index (χ0) is 18.4. The van der Waals surface area contributed by atoms with E-state index in [0.29, 0.717) is 0 Å². The predicted octanol–water partition coefficient (Wildman–Crippen LogP) is 5.21. The Bertz CT molecular complexity index is 1170. The molecule has 0 amide bonds. The Morgan fingerprint density at radius 2 is 1.63 bits per heavy atom. The molecule has 1 aliphatic rings. The monoisotopic (exact) mass is 369 g/mol. The van der Waals surface area contributed by atoms with Crippen LogP contribution in [0.4, 0.5) is 5.69 Å². The lowest BCUT2D eigenvalue weighted by atomic mass is 9.95. The molecule has 1 aliphatic heterocycles. The quantitative estimate of drug-likeness (QED) is 0.388. The molecule has 27 heavy (non-hydrogen) atoms. The van der Waals surface area contributed by atoms with Crippen LogP contribution < -0.4 is 9.47 Å². The number of para-hydroxylation sites is 1. The van der Waals surface area contributed by atoms with E-state index in [1.165, 1.54) is 43.2 Å². The van der Waals surface area contributed by atoms with E-state index in [-0.39, 0.29) is 0 Å². The number of hydrogen-bond donors (Lipinski definition) is 0. The van der Waals surface area contributed by atoms with E-state index in [2.05, 4.69) is 102 Å². The van der Waals surface area contributed by atoms with Crippen molar-refractivity contribution in [2.45, 2.75) is 6.54 Å². The summed E-state index contributed by atoms with van der Waals surface area (Å²) in [6.45, 7) is 0.937. The molecule has 0 atom stereocenters. The third kappa shape index (κ3) is 2.75. The number of rotatable bonds is 2. The Morgan fingerprint density at radius 1 is 0.889 bits per heavy atom. The fourth-order valence-corrected chi connectivity index (χ4v) is 4.96. The molecule has 0 N–H and O–H groups in total. The first kappa shape index (κ1) is 16.3. The first-order chi connectivity index (χ1) is 13.2. The lowest BCUT2D eigenvalue weighted by Crippen LogP contribution is -2.39. The number of anilines is 1. The van der Waals surface area contributed by atoms with Crippen molar-refractivity contribution in [1.29, 1.82) is 0 Å². The van der Waals surface area contributed by atoms with Crippen molar-refractivity contribution >= 4 is 38.9 Å². The molecule has 0 fully saturated rings. The maximum absolute atomic E-state index is 2.46. The highest BCUT2D eigenvalue weighted by Crippen LogP contribution is 2.36. The number of thiazole rings is 1. The normalized spacial score (nSPS) is 14.2. The summed E-state index contributed by atoms with van der Waals surface area (Å²) in [7, 11) is 4.15. The molecule has 0 unspecified atom stereocenters. The van der Waals surface area contributed by atoms with Gasteiger partial charge in [0, 0.05) is 31.4 Å². The van der Waals surface area contributed by atoms with Gasteiger partial charge >= 0.3 is 0 Å². The molecule has 3 heteroatoms. The summed E-state index contributed by atoms with van der Waals surface area (Å²) in [5, 5.41) is 1.34. The van der Waals surface area contributed by atoms with Crippen LogP contribution in [-0.2, 0) is 6.54 Å². The minimum absolute atomic E-state index is 0.937. The summed E-state index contributed by atoms with van der Waals surface area (Å²) in [6.07, 6.45) is 2.33. The molecule has 0 spiro atoms. The largest absolute Gasteiger partial charge is 0.378 e.